The number of benzene rings is 2. The van der Waals surface area contributed by atoms with Gasteiger partial charge in [0.05, 0.1) is 10.6 Å². The van der Waals surface area contributed by atoms with Gasteiger partial charge in [-0.3, -0.25) is 0 Å². The number of hydrogen-bond acceptors (Lipinski definition) is 5. The predicted octanol–water partition coefficient (Wildman–Crippen LogP) is 4.20. The molecular formula is C19H18F3NO6S. The van der Waals surface area contributed by atoms with Crippen LogP contribution < -0.4 is 14.8 Å². The SMILES string of the molecule is O=C(O)NC(CS(=O)(=O)c1ccc(Oc2ccc(OC(F)(F)F)cc2)cc1)C1CC1. The highest BCUT2D eigenvalue weighted by atomic mass is 32.2. The average Bonchev–Trinajstić information content (AvgIpc) is 3.47. The molecule has 1 atom stereocenters. The monoisotopic (exact) mass is 445 g/mol. The van der Waals surface area contributed by atoms with Gasteiger partial charge in [0.15, 0.2) is 9.84 Å². The smallest absolute Gasteiger partial charge is 0.465 e. The summed E-state index contributed by atoms with van der Waals surface area (Å²) < 4.78 is 71.0. The Morgan fingerprint density at radius 2 is 1.53 bits per heavy atom. The summed E-state index contributed by atoms with van der Waals surface area (Å²) >= 11 is 0. The molecule has 1 aliphatic carbocycles. The van der Waals surface area contributed by atoms with Crippen molar-refractivity contribution in [3.63, 3.8) is 0 Å². The van der Waals surface area contributed by atoms with Crippen LogP contribution in [0.15, 0.2) is 53.4 Å². The van der Waals surface area contributed by atoms with Gasteiger partial charge in [0.25, 0.3) is 0 Å². The van der Waals surface area contributed by atoms with Crippen LogP contribution >= 0.6 is 0 Å². The maximum absolute atomic E-state index is 12.6. The van der Waals surface area contributed by atoms with Crippen LogP contribution in [0.4, 0.5) is 18.0 Å². The van der Waals surface area contributed by atoms with Crippen LogP contribution in [-0.4, -0.2) is 37.8 Å². The molecule has 1 aliphatic rings. The van der Waals surface area contributed by atoms with Crippen LogP contribution in [-0.2, 0) is 9.84 Å². The van der Waals surface area contributed by atoms with Gasteiger partial charge in [-0.05, 0) is 67.3 Å². The molecule has 1 unspecified atom stereocenters. The minimum atomic E-state index is -4.79. The third-order valence-electron chi connectivity index (χ3n) is 4.37. The third-order valence-corrected chi connectivity index (χ3v) is 6.16. The number of rotatable bonds is 8. The molecule has 0 bridgehead atoms. The van der Waals surface area contributed by atoms with Crippen molar-refractivity contribution in [2.75, 3.05) is 5.75 Å². The fourth-order valence-electron chi connectivity index (χ4n) is 2.85. The van der Waals surface area contributed by atoms with Crippen LogP contribution in [0.3, 0.4) is 0 Å². The second-order valence-electron chi connectivity index (χ2n) is 6.77. The molecule has 162 valence electrons. The van der Waals surface area contributed by atoms with Gasteiger partial charge in [0, 0.05) is 6.04 Å². The summed E-state index contributed by atoms with van der Waals surface area (Å²) in [4.78, 5) is 10.9. The van der Waals surface area contributed by atoms with E-state index < -0.39 is 34.1 Å². The zero-order valence-corrected chi connectivity index (χ0v) is 16.2. The van der Waals surface area contributed by atoms with Gasteiger partial charge in [-0.15, -0.1) is 13.2 Å². The minimum Gasteiger partial charge on any atom is -0.465 e. The second-order valence-corrected chi connectivity index (χ2v) is 8.80. The van der Waals surface area contributed by atoms with Gasteiger partial charge in [0.1, 0.15) is 17.2 Å². The number of nitrogens with one attached hydrogen (secondary N) is 1. The molecular weight excluding hydrogens is 427 g/mol. The van der Waals surface area contributed by atoms with Crippen LogP contribution in [0.25, 0.3) is 0 Å². The number of alkyl halides is 3. The normalized spacial score (nSPS) is 15.3. The summed E-state index contributed by atoms with van der Waals surface area (Å²) in [6.07, 6.45) is -4.50. The molecule has 0 radical (unpaired) electrons. The van der Waals surface area contributed by atoms with E-state index in [1.54, 1.807) is 0 Å². The molecule has 1 amide bonds. The highest BCUT2D eigenvalue weighted by Gasteiger charge is 2.36. The van der Waals surface area contributed by atoms with Crippen molar-refractivity contribution in [3.05, 3.63) is 48.5 Å². The van der Waals surface area contributed by atoms with E-state index in [4.69, 9.17) is 9.84 Å². The minimum absolute atomic E-state index is 0.0154. The Morgan fingerprint density at radius 1 is 1.03 bits per heavy atom. The van der Waals surface area contributed by atoms with Gasteiger partial charge in [-0.1, -0.05) is 0 Å². The molecule has 0 heterocycles. The van der Waals surface area contributed by atoms with E-state index in [1.165, 1.54) is 36.4 Å². The summed E-state index contributed by atoms with van der Waals surface area (Å²) in [5.41, 5.74) is 0. The molecule has 0 saturated heterocycles. The van der Waals surface area contributed by atoms with E-state index in [9.17, 15) is 26.4 Å². The molecule has 2 N–H and O–H groups in total. The van der Waals surface area contributed by atoms with E-state index in [0.29, 0.717) is 0 Å². The lowest BCUT2D eigenvalue weighted by Gasteiger charge is -2.16. The highest BCUT2D eigenvalue weighted by molar-refractivity contribution is 7.91. The fourth-order valence-corrected chi connectivity index (χ4v) is 4.42. The van der Waals surface area contributed by atoms with E-state index in [1.807, 2.05) is 0 Å². The highest BCUT2D eigenvalue weighted by Crippen LogP contribution is 2.34. The zero-order chi connectivity index (χ0) is 21.9. The van der Waals surface area contributed by atoms with Gasteiger partial charge < -0.3 is 19.9 Å². The van der Waals surface area contributed by atoms with Crippen LogP contribution in [0.5, 0.6) is 17.2 Å². The van der Waals surface area contributed by atoms with Crippen molar-refractivity contribution in [2.45, 2.75) is 30.1 Å². The van der Waals surface area contributed by atoms with Crippen molar-refractivity contribution in [3.8, 4) is 17.2 Å². The zero-order valence-electron chi connectivity index (χ0n) is 15.4. The maximum atomic E-state index is 12.6. The van der Waals surface area contributed by atoms with Crippen LogP contribution in [0.2, 0.25) is 0 Å². The largest absolute Gasteiger partial charge is 0.573 e. The first-order valence-corrected chi connectivity index (χ1v) is 10.5. The summed E-state index contributed by atoms with van der Waals surface area (Å²) in [5.74, 6) is -0.204. The van der Waals surface area contributed by atoms with Crippen LogP contribution in [0.1, 0.15) is 12.8 Å². The van der Waals surface area contributed by atoms with Crippen molar-refractivity contribution in [1.82, 2.24) is 5.32 Å². The summed E-state index contributed by atoms with van der Waals surface area (Å²) in [7, 11) is -3.73. The predicted molar refractivity (Wildman–Crippen MR) is 99.4 cm³/mol. The summed E-state index contributed by atoms with van der Waals surface area (Å²) in [6.45, 7) is 0. The van der Waals surface area contributed by atoms with Crippen molar-refractivity contribution < 1.29 is 41.0 Å². The molecule has 3 rings (SSSR count). The summed E-state index contributed by atoms with van der Waals surface area (Å²) in [6, 6.07) is 9.55. The van der Waals surface area contributed by atoms with E-state index >= 15 is 0 Å². The molecule has 0 aliphatic heterocycles. The Kier molecular flexibility index (Phi) is 6.11. The van der Waals surface area contributed by atoms with Gasteiger partial charge in [-0.2, -0.15) is 0 Å². The third kappa shape index (κ3) is 6.28. The van der Waals surface area contributed by atoms with Gasteiger partial charge >= 0.3 is 12.5 Å². The number of amides is 1. The molecule has 0 aromatic heterocycles. The Labute approximate surface area is 170 Å². The first kappa shape index (κ1) is 21.8. The number of hydrogen-bond donors (Lipinski definition) is 2. The number of ether oxygens (including phenoxy) is 2. The van der Waals surface area contributed by atoms with Crippen molar-refractivity contribution >= 4 is 15.9 Å². The average molecular weight is 445 g/mol. The molecule has 1 fully saturated rings. The van der Waals surface area contributed by atoms with Crippen molar-refractivity contribution in [1.29, 1.82) is 0 Å². The molecule has 30 heavy (non-hydrogen) atoms. The number of carbonyl (C=O) groups is 1. The first-order valence-electron chi connectivity index (χ1n) is 8.88. The molecule has 0 spiro atoms. The molecule has 2 aromatic carbocycles. The Bertz CT molecular complexity index is 986. The quantitative estimate of drug-likeness (QED) is 0.632. The Balaban J connectivity index is 1.64. The standard InChI is InChI=1S/C19H18F3NO6S/c20-19(21,22)29-15-5-3-13(4-6-15)28-14-7-9-16(10-8-14)30(26,27)11-17(12-1-2-12)23-18(24)25/h3-10,12,17,23H,1-2,11H2,(H,24,25). The topological polar surface area (TPSA) is 102 Å². The number of sulfone groups is 1. The van der Waals surface area contributed by atoms with Crippen molar-refractivity contribution in [2.24, 2.45) is 5.92 Å². The van der Waals surface area contributed by atoms with E-state index in [2.05, 4.69) is 10.1 Å². The molecule has 1 saturated carbocycles. The Hall–Kier alpha value is -2.95. The van der Waals surface area contributed by atoms with Gasteiger partial charge in [-0.25, -0.2) is 13.2 Å². The molecule has 11 heteroatoms. The fraction of sp³-hybridized carbons (Fsp3) is 0.316. The number of carboxylic acid groups (broad SMARTS) is 1. The van der Waals surface area contributed by atoms with Crippen LogP contribution in [0, 0.1) is 5.92 Å². The summed E-state index contributed by atoms with van der Waals surface area (Å²) in [5, 5.41) is 11.2. The van der Waals surface area contributed by atoms with E-state index in [-0.39, 0.29) is 28.1 Å². The molecule has 7 nitrogen and oxygen atoms in total. The first-order chi connectivity index (χ1) is 14.0. The van der Waals surface area contributed by atoms with Gasteiger partial charge in [0.2, 0.25) is 0 Å². The molecule has 2 aromatic rings. The lowest BCUT2D eigenvalue weighted by molar-refractivity contribution is -0.274. The lowest BCUT2D eigenvalue weighted by atomic mass is 10.2. The number of halogens is 3. The maximum Gasteiger partial charge on any atom is 0.573 e. The lowest BCUT2D eigenvalue weighted by Crippen LogP contribution is -2.40. The van der Waals surface area contributed by atoms with E-state index in [0.717, 1.165) is 25.0 Å². The Morgan fingerprint density at radius 3 is 2.00 bits per heavy atom. The second kappa shape index (κ2) is 8.42.